The van der Waals surface area contributed by atoms with Crippen molar-refractivity contribution in [3.8, 4) is 11.8 Å². The second kappa shape index (κ2) is 7.57. The Morgan fingerprint density at radius 1 is 1.25 bits per heavy atom. The molecule has 3 rings (SSSR count). The normalized spacial score (nSPS) is 10.2. The lowest BCUT2D eigenvalue weighted by atomic mass is 10.2. The lowest BCUT2D eigenvalue weighted by Gasteiger charge is -2.05. The summed E-state index contributed by atoms with van der Waals surface area (Å²) in [6.45, 7) is 0.583. The molecule has 24 heavy (non-hydrogen) atoms. The highest BCUT2D eigenvalue weighted by Crippen LogP contribution is 2.13. The van der Waals surface area contributed by atoms with Crippen LogP contribution in [0.5, 0.6) is 0 Å². The van der Waals surface area contributed by atoms with E-state index in [0.717, 1.165) is 10.4 Å². The Morgan fingerprint density at radius 3 is 2.92 bits per heavy atom. The largest absolute Gasteiger partial charge is 0.345 e. The lowest BCUT2D eigenvalue weighted by molar-refractivity contribution is -0.121. The second-order valence-corrected chi connectivity index (χ2v) is 5.97. The molecule has 0 fully saturated rings. The van der Waals surface area contributed by atoms with E-state index >= 15 is 0 Å². The average Bonchev–Trinajstić information content (AvgIpc) is 3.09. The summed E-state index contributed by atoms with van der Waals surface area (Å²) < 4.78 is 1.46. The zero-order valence-electron chi connectivity index (χ0n) is 12.9. The Bertz CT molecular complexity index is 964. The molecular weight excluding hydrogens is 322 g/mol. The number of fused-ring (bicyclic) bond motifs is 1. The summed E-state index contributed by atoms with van der Waals surface area (Å²) in [6, 6.07) is 11.3. The average molecular weight is 337 g/mol. The van der Waals surface area contributed by atoms with Gasteiger partial charge in [-0.2, -0.15) is 0 Å². The summed E-state index contributed by atoms with van der Waals surface area (Å²) in [5.41, 5.74) is 0.798. The minimum atomic E-state index is -0.144. The maximum atomic E-state index is 12.2. The van der Waals surface area contributed by atoms with Gasteiger partial charge in [-0.15, -0.1) is 11.3 Å². The van der Waals surface area contributed by atoms with Gasteiger partial charge in [0, 0.05) is 18.5 Å². The molecule has 120 valence electrons. The van der Waals surface area contributed by atoms with Gasteiger partial charge in [0.2, 0.25) is 5.91 Å². The highest BCUT2D eigenvalue weighted by atomic mass is 32.1. The zero-order chi connectivity index (χ0) is 16.8. The van der Waals surface area contributed by atoms with E-state index in [0.29, 0.717) is 11.9 Å². The predicted molar refractivity (Wildman–Crippen MR) is 94.8 cm³/mol. The Morgan fingerprint density at radius 2 is 2.08 bits per heavy atom. The molecule has 0 aliphatic carbocycles. The first kappa shape index (κ1) is 16.0. The van der Waals surface area contributed by atoms with Crippen LogP contribution in [-0.2, 0) is 11.3 Å². The maximum absolute atomic E-state index is 12.2. The molecule has 0 saturated carbocycles. The molecule has 0 spiro atoms. The van der Waals surface area contributed by atoms with E-state index in [4.69, 9.17) is 0 Å². The molecule has 1 amide bonds. The number of amides is 1. The van der Waals surface area contributed by atoms with Crippen LogP contribution in [0.25, 0.3) is 10.2 Å². The van der Waals surface area contributed by atoms with Crippen LogP contribution in [0.4, 0.5) is 0 Å². The van der Waals surface area contributed by atoms with Gasteiger partial charge in [0.25, 0.3) is 5.56 Å². The molecule has 2 aromatic heterocycles. The van der Waals surface area contributed by atoms with E-state index in [1.165, 1.54) is 22.2 Å². The second-order valence-electron chi connectivity index (χ2n) is 5.08. The molecule has 3 aromatic rings. The van der Waals surface area contributed by atoms with Crippen molar-refractivity contribution in [2.45, 2.75) is 13.0 Å². The third-order valence-corrected chi connectivity index (χ3v) is 4.23. The maximum Gasteiger partial charge on any atom is 0.262 e. The monoisotopic (exact) mass is 337 g/mol. The van der Waals surface area contributed by atoms with Crippen molar-refractivity contribution in [2.24, 2.45) is 0 Å². The van der Waals surface area contributed by atoms with E-state index in [9.17, 15) is 9.59 Å². The van der Waals surface area contributed by atoms with Crippen LogP contribution in [0.2, 0.25) is 0 Å². The summed E-state index contributed by atoms with van der Waals surface area (Å²) in [5, 5.41) is 5.16. The summed E-state index contributed by atoms with van der Waals surface area (Å²) in [5.74, 6) is 5.73. The van der Waals surface area contributed by atoms with E-state index < -0.39 is 0 Å². The Kier molecular flexibility index (Phi) is 5.04. The molecule has 0 atom stereocenters. The molecular formula is C18H15N3O2S. The van der Waals surface area contributed by atoms with Crippen molar-refractivity contribution in [2.75, 3.05) is 6.54 Å². The molecule has 0 aliphatic rings. The van der Waals surface area contributed by atoms with Crippen LogP contribution in [0, 0.1) is 11.8 Å². The van der Waals surface area contributed by atoms with Crippen LogP contribution in [0.1, 0.15) is 12.0 Å². The van der Waals surface area contributed by atoms with Crippen molar-refractivity contribution < 1.29 is 4.79 Å². The van der Waals surface area contributed by atoms with Crippen molar-refractivity contribution in [3.63, 3.8) is 0 Å². The van der Waals surface area contributed by atoms with Gasteiger partial charge >= 0.3 is 0 Å². The summed E-state index contributed by atoms with van der Waals surface area (Å²) in [6.07, 6.45) is 1.70. The number of nitrogens with zero attached hydrogens (tertiary/aromatic N) is 2. The quantitative estimate of drug-likeness (QED) is 0.741. The number of aromatic nitrogens is 2. The third-order valence-electron chi connectivity index (χ3n) is 3.41. The first-order valence-corrected chi connectivity index (χ1v) is 8.35. The fourth-order valence-electron chi connectivity index (χ4n) is 2.17. The van der Waals surface area contributed by atoms with Gasteiger partial charge < -0.3 is 5.32 Å². The number of carbonyl (C=O) groups is 1. The van der Waals surface area contributed by atoms with Crippen molar-refractivity contribution in [3.05, 3.63) is 64.0 Å². The van der Waals surface area contributed by atoms with E-state index in [1.807, 2.05) is 35.7 Å². The van der Waals surface area contributed by atoms with Gasteiger partial charge in [-0.25, -0.2) is 4.98 Å². The summed E-state index contributed by atoms with van der Waals surface area (Å²) in [4.78, 5) is 29.0. The van der Waals surface area contributed by atoms with Crippen LogP contribution >= 0.6 is 11.3 Å². The van der Waals surface area contributed by atoms with Gasteiger partial charge in [-0.1, -0.05) is 30.0 Å². The molecule has 0 radical (unpaired) electrons. The van der Waals surface area contributed by atoms with Gasteiger partial charge in [0.1, 0.15) is 4.83 Å². The number of hydrogen-bond acceptors (Lipinski definition) is 4. The van der Waals surface area contributed by atoms with Crippen molar-refractivity contribution >= 4 is 27.5 Å². The first-order chi connectivity index (χ1) is 11.7. The molecule has 0 saturated heterocycles. The van der Waals surface area contributed by atoms with Gasteiger partial charge in [-0.05, 0) is 23.6 Å². The summed E-state index contributed by atoms with van der Waals surface area (Å²) >= 11 is 1.43. The topological polar surface area (TPSA) is 64.0 Å². The predicted octanol–water partition coefficient (Wildman–Crippen LogP) is 2.02. The molecule has 0 bridgehead atoms. The Hall–Kier alpha value is -2.91. The zero-order valence-corrected chi connectivity index (χ0v) is 13.7. The fraction of sp³-hybridized carbons (Fsp3) is 0.167. The fourth-order valence-corrected chi connectivity index (χ4v) is 2.90. The minimum Gasteiger partial charge on any atom is -0.345 e. The van der Waals surface area contributed by atoms with Gasteiger partial charge in [0.05, 0.1) is 18.3 Å². The van der Waals surface area contributed by atoms with Crippen LogP contribution < -0.4 is 10.9 Å². The van der Waals surface area contributed by atoms with Crippen LogP contribution in [0.15, 0.2) is 52.9 Å². The highest BCUT2D eigenvalue weighted by molar-refractivity contribution is 7.16. The molecule has 0 aliphatic heterocycles. The Labute approximate surface area is 143 Å². The number of benzene rings is 1. The van der Waals surface area contributed by atoms with E-state index in [-0.39, 0.29) is 24.4 Å². The van der Waals surface area contributed by atoms with Crippen LogP contribution in [-0.4, -0.2) is 22.0 Å². The molecule has 1 N–H and O–H groups in total. The lowest BCUT2D eigenvalue weighted by Crippen LogP contribution is -2.27. The SMILES string of the molecule is O=C(CCn1cnc2sccc2c1=O)NCC#Cc1ccccc1. The first-order valence-electron chi connectivity index (χ1n) is 7.47. The minimum absolute atomic E-state index is 0.113. The molecule has 0 unspecified atom stereocenters. The number of thiophene rings is 1. The number of nitrogens with one attached hydrogen (secondary N) is 1. The van der Waals surface area contributed by atoms with E-state index in [2.05, 4.69) is 22.1 Å². The number of hydrogen-bond donors (Lipinski definition) is 1. The number of aryl methyl sites for hydroxylation is 1. The number of rotatable bonds is 4. The smallest absolute Gasteiger partial charge is 0.262 e. The standard InChI is InChI=1S/C18H15N3O2S/c22-16(19-10-4-7-14-5-2-1-3-6-14)8-11-21-13-20-17-15(18(21)23)9-12-24-17/h1-3,5-6,9,12-13H,8,10-11H2,(H,19,22). The van der Waals surface area contributed by atoms with Gasteiger partial charge in [-0.3, -0.25) is 14.2 Å². The Balaban J connectivity index is 1.51. The van der Waals surface area contributed by atoms with Crippen molar-refractivity contribution in [1.82, 2.24) is 14.9 Å². The van der Waals surface area contributed by atoms with Crippen LogP contribution in [0.3, 0.4) is 0 Å². The van der Waals surface area contributed by atoms with Gasteiger partial charge in [0.15, 0.2) is 0 Å². The third kappa shape index (κ3) is 3.89. The molecule has 2 heterocycles. The van der Waals surface area contributed by atoms with Crippen molar-refractivity contribution in [1.29, 1.82) is 0 Å². The molecule has 1 aromatic carbocycles. The molecule has 6 heteroatoms. The van der Waals surface area contributed by atoms with E-state index in [1.54, 1.807) is 6.07 Å². The highest BCUT2D eigenvalue weighted by Gasteiger charge is 2.06. The number of carbonyl (C=O) groups excluding carboxylic acids is 1. The summed E-state index contributed by atoms with van der Waals surface area (Å²) in [7, 11) is 0. The molecule has 5 nitrogen and oxygen atoms in total.